The van der Waals surface area contributed by atoms with Crippen molar-refractivity contribution in [1.82, 2.24) is 37.2 Å². The van der Waals surface area contributed by atoms with Crippen molar-refractivity contribution in [2.24, 2.45) is 29.4 Å². The zero-order chi connectivity index (χ0) is 52.7. The van der Waals surface area contributed by atoms with E-state index in [1.54, 1.807) is 27.7 Å². The lowest BCUT2D eigenvalue weighted by molar-refractivity contribution is -0.136. The molecule has 0 radical (unpaired) electrons. The number of carbonyl (C=O) groups is 7. The predicted octanol–water partition coefficient (Wildman–Crippen LogP) is 4.71. The van der Waals surface area contributed by atoms with Crippen LogP contribution in [-0.2, 0) is 59.2 Å². The molecule has 0 aliphatic carbocycles. The molecule has 0 aliphatic heterocycles. The number of nitrogens with one attached hydrogen (secondary N) is 7. The zero-order valence-electron chi connectivity index (χ0n) is 43.3. The molecule has 0 unspecified atom stereocenters. The molecule has 0 spiro atoms. The first-order valence-corrected chi connectivity index (χ1v) is 25.3. The minimum atomic E-state index is -1.23. The molecule has 4 rings (SSSR count). The van der Waals surface area contributed by atoms with Gasteiger partial charge in [-0.15, -0.1) is 0 Å². The van der Waals surface area contributed by atoms with Gasteiger partial charge in [0, 0.05) is 25.8 Å². The van der Waals surface area contributed by atoms with Gasteiger partial charge in [-0.25, -0.2) is 0 Å². The molecule has 388 valence electrons. The summed E-state index contributed by atoms with van der Waals surface area (Å²) in [6.45, 7) is 15.2. The Morgan fingerprint density at radius 3 is 1.07 bits per heavy atom. The molecule has 0 aromatic heterocycles. The molecule has 0 saturated heterocycles. The highest BCUT2D eigenvalue weighted by Gasteiger charge is 2.35. The summed E-state index contributed by atoms with van der Waals surface area (Å²) in [6, 6.07) is 29.8. The van der Waals surface area contributed by atoms with Crippen LogP contribution in [0.3, 0.4) is 0 Å². The molecule has 9 N–H and O–H groups in total. The van der Waals surface area contributed by atoms with Crippen LogP contribution in [0.5, 0.6) is 0 Å². The van der Waals surface area contributed by atoms with Crippen molar-refractivity contribution in [1.29, 1.82) is 0 Å². The quantitative estimate of drug-likeness (QED) is 0.0397. The van der Waals surface area contributed by atoms with Crippen molar-refractivity contribution in [2.45, 2.75) is 136 Å². The van der Waals surface area contributed by atoms with Crippen LogP contribution in [-0.4, -0.2) is 90.2 Å². The van der Waals surface area contributed by atoms with Gasteiger partial charge in [0.25, 0.3) is 0 Å². The number of benzene rings is 4. The Morgan fingerprint density at radius 1 is 0.375 bits per heavy atom. The molecule has 4 aromatic rings. The third-order valence-electron chi connectivity index (χ3n) is 12.2. The maximum atomic E-state index is 14.6. The van der Waals surface area contributed by atoms with Crippen LogP contribution < -0.4 is 43.0 Å². The summed E-state index contributed by atoms with van der Waals surface area (Å²) in [6.07, 6.45) is 1.50. The van der Waals surface area contributed by atoms with Crippen LogP contribution in [0, 0.1) is 23.7 Å². The van der Waals surface area contributed by atoms with Crippen molar-refractivity contribution in [2.75, 3.05) is 6.54 Å². The first kappa shape index (κ1) is 57.7. The molecular weight excluding hydrogens is 909 g/mol. The van der Waals surface area contributed by atoms with Gasteiger partial charge in [-0.2, -0.15) is 0 Å². The van der Waals surface area contributed by atoms with Gasteiger partial charge in [0.2, 0.25) is 41.4 Å². The van der Waals surface area contributed by atoms with Crippen molar-refractivity contribution in [3.05, 3.63) is 144 Å². The van der Waals surface area contributed by atoms with Crippen molar-refractivity contribution >= 4 is 41.4 Å². The van der Waals surface area contributed by atoms with Gasteiger partial charge in [0.1, 0.15) is 36.3 Å². The largest absolute Gasteiger partial charge is 0.354 e. The Balaban J connectivity index is 1.57. The normalized spacial score (nSPS) is 14.2. The third kappa shape index (κ3) is 19.7. The topological polar surface area (TPSA) is 230 Å². The number of carbonyl (C=O) groups excluding carboxylic acids is 7. The lowest BCUT2D eigenvalue weighted by Gasteiger charge is -2.29. The van der Waals surface area contributed by atoms with Crippen LogP contribution >= 0.6 is 0 Å². The second kappa shape index (κ2) is 29.5. The van der Waals surface area contributed by atoms with Gasteiger partial charge >= 0.3 is 0 Å². The highest BCUT2D eigenvalue weighted by Crippen LogP contribution is 2.14. The highest BCUT2D eigenvalue weighted by molar-refractivity contribution is 5.97. The standard InChI is InChI=1S/C57H78N8O7/c1-36(2)31-44(58)51(66)64-49(38(5)6)56(71)63-48(35-43-27-19-12-20-28-43)54(69)61-47(34-42-25-17-11-18-26-42)53(68)60-45(32-37(3)4)55(70)65-50(39(7)8)57(72)62-46(33-41-23-15-10-16-24-41)52(67)59-30-29-40-21-13-9-14-22-40/h9-28,36-39,44-50H,29-35,58H2,1-8H3,(H,59,67)(H,60,68)(H,61,69)(H,62,72)(H,63,71)(H,64,66)(H,65,70)/t44-,45-,46-,47-,48-,49-,50-/m1/s1. The Kier molecular flexibility index (Phi) is 23.6. The molecule has 0 aliphatic rings. The van der Waals surface area contributed by atoms with E-state index in [0.717, 1.165) is 22.3 Å². The summed E-state index contributed by atoms with van der Waals surface area (Å²) in [4.78, 5) is 98.6. The van der Waals surface area contributed by atoms with E-state index in [0.29, 0.717) is 19.4 Å². The Labute approximate surface area is 426 Å². The summed E-state index contributed by atoms with van der Waals surface area (Å²) >= 11 is 0. The van der Waals surface area contributed by atoms with E-state index in [-0.39, 0.29) is 49.3 Å². The molecule has 0 bridgehead atoms. The second-order valence-electron chi connectivity index (χ2n) is 20.2. The molecular formula is C57H78N8O7. The molecule has 15 heteroatoms. The Bertz CT molecular complexity index is 2330. The summed E-state index contributed by atoms with van der Waals surface area (Å²) in [7, 11) is 0. The average Bonchev–Trinajstić information content (AvgIpc) is 3.34. The van der Waals surface area contributed by atoms with Gasteiger partial charge < -0.3 is 43.0 Å². The van der Waals surface area contributed by atoms with Crippen LogP contribution in [0.4, 0.5) is 0 Å². The Morgan fingerprint density at radius 2 is 0.694 bits per heavy atom. The van der Waals surface area contributed by atoms with Crippen LogP contribution in [0.2, 0.25) is 0 Å². The summed E-state index contributed by atoms with van der Waals surface area (Å²) in [5.74, 6) is -4.69. The molecule has 4 aromatic carbocycles. The molecule has 7 atom stereocenters. The van der Waals surface area contributed by atoms with E-state index in [1.165, 1.54) is 0 Å². The molecule has 72 heavy (non-hydrogen) atoms. The summed E-state index contributed by atoms with van der Waals surface area (Å²) < 4.78 is 0. The molecule has 0 saturated carbocycles. The number of rotatable bonds is 28. The third-order valence-corrected chi connectivity index (χ3v) is 12.2. The maximum Gasteiger partial charge on any atom is 0.243 e. The molecule has 0 heterocycles. The van der Waals surface area contributed by atoms with E-state index in [4.69, 9.17) is 5.73 Å². The number of nitrogens with two attached hydrogens (primary N) is 1. The van der Waals surface area contributed by atoms with Crippen molar-refractivity contribution in [3.63, 3.8) is 0 Å². The van der Waals surface area contributed by atoms with E-state index >= 15 is 0 Å². The van der Waals surface area contributed by atoms with Gasteiger partial charge in [-0.3, -0.25) is 33.6 Å². The first-order chi connectivity index (χ1) is 34.3. The average molecular weight is 987 g/mol. The van der Waals surface area contributed by atoms with E-state index in [1.807, 2.05) is 149 Å². The smallest absolute Gasteiger partial charge is 0.243 e. The predicted molar refractivity (Wildman–Crippen MR) is 282 cm³/mol. The summed E-state index contributed by atoms with van der Waals surface area (Å²) in [5, 5.41) is 20.1. The SMILES string of the molecule is CC(C)C[C@@H](N)C(=O)N[C@@H](C(=O)N[C@H](Cc1ccccc1)C(=O)N[C@H](Cc1ccccc1)C(=O)N[C@H](CC(C)C)C(=O)N[C@@H](C(=O)N[C@H](Cc1ccccc1)C(=O)NCCc1ccccc1)C(C)C)C(C)C. The number of hydrogen-bond acceptors (Lipinski definition) is 8. The minimum absolute atomic E-state index is 0.0338. The van der Waals surface area contributed by atoms with Crippen LogP contribution in [0.25, 0.3) is 0 Å². The van der Waals surface area contributed by atoms with Gasteiger partial charge in [-0.1, -0.05) is 177 Å². The van der Waals surface area contributed by atoms with E-state index in [2.05, 4.69) is 37.2 Å². The highest BCUT2D eigenvalue weighted by atomic mass is 16.2. The van der Waals surface area contributed by atoms with E-state index in [9.17, 15) is 33.6 Å². The molecule has 0 fully saturated rings. The maximum absolute atomic E-state index is 14.6. The number of hydrogen-bond donors (Lipinski definition) is 8. The van der Waals surface area contributed by atoms with Crippen molar-refractivity contribution < 1.29 is 33.6 Å². The van der Waals surface area contributed by atoms with Gasteiger partial charge in [-0.05, 0) is 65.2 Å². The fourth-order valence-corrected chi connectivity index (χ4v) is 8.24. The van der Waals surface area contributed by atoms with Crippen LogP contribution in [0.15, 0.2) is 121 Å². The van der Waals surface area contributed by atoms with Gasteiger partial charge in [0.05, 0.1) is 6.04 Å². The zero-order valence-corrected chi connectivity index (χ0v) is 43.3. The van der Waals surface area contributed by atoms with Crippen molar-refractivity contribution in [3.8, 4) is 0 Å². The monoisotopic (exact) mass is 987 g/mol. The fourth-order valence-electron chi connectivity index (χ4n) is 8.24. The summed E-state index contributed by atoms with van der Waals surface area (Å²) in [5.41, 5.74) is 9.52. The van der Waals surface area contributed by atoms with Crippen LogP contribution in [0.1, 0.15) is 90.5 Å². The molecule has 15 nitrogen and oxygen atoms in total. The van der Waals surface area contributed by atoms with E-state index < -0.39 is 83.7 Å². The van der Waals surface area contributed by atoms with Gasteiger partial charge in [0.15, 0.2) is 0 Å². The second-order valence-corrected chi connectivity index (χ2v) is 20.2. The lowest BCUT2D eigenvalue weighted by atomic mass is 9.98. The Hall–Kier alpha value is -6.87. The minimum Gasteiger partial charge on any atom is -0.354 e. The fraction of sp³-hybridized carbons (Fsp3) is 0.456. The first-order valence-electron chi connectivity index (χ1n) is 25.3. The lowest BCUT2D eigenvalue weighted by Crippen LogP contribution is -2.61. The number of amides is 7. The molecule has 7 amide bonds.